The standard InChI is InChI=1S/C21H21N3O4/c1-26-19-8-7-16(24-9-11-27-12-10-24)13-17(19)22-21(25)18-14-20(28-23-18)15-5-3-2-4-6-15/h2-8,13-14H,9-12H2,1H3,(H,22,25). The number of rotatable bonds is 5. The lowest BCUT2D eigenvalue weighted by atomic mass is 10.1. The SMILES string of the molecule is COc1ccc(N2CCOCC2)cc1NC(=O)c1cc(-c2ccccc2)on1. The van der Waals surface area contributed by atoms with Gasteiger partial charge in [-0.05, 0) is 18.2 Å². The molecular formula is C21H21N3O4. The Morgan fingerprint density at radius 3 is 2.64 bits per heavy atom. The van der Waals surface area contributed by atoms with Crippen LogP contribution in [0, 0.1) is 0 Å². The highest BCUT2D eigenvalue weighted by Crippen LogP contribution is 2.30. The second-order valence-corrected chi connectivity index (χ2v) is 6.38. The van der Waals surface area contributed by atoms with Gasteiger partial charge in [-0.1, -0.05) is 35.5 Å². The van der Waals surface area contributed by atoms with Crippen LogP contribution in [0.2, 0.25) is 0 Å². The maximum atomic E-state index is 12.7. The average Bonchev–Trinajstić information content (AvgIpc) is 3.25. The van der Waals surface area contributed by atoms with Gasteiger partial charge >= 0.3 is 0 Å². The molecule has 144 valence electrons. The molecule has 0 spiro atoms. The quantitative estimate of drug-likeness (QED) is 0.732. The third-order valence-electron chi connectivity index (χ3n) is 4.61. The zero-order valence-electron chi connectivity index (χ0n) is 15.6. The molecule has 7 heteroatoms. The van der Waals surface area contributed by atoms with E-state index in [1.54, 1.807) is 13.2 Å². The van der Waals surface area contributed by atoms with Gasteiger partial charge in [0.15, 0.2) is 11.5 Å². The first kappa shape index (κ1) is 18.1. The summed E-state index contributed by atoms with van der Waals surface area (Å²) >= 11 is 0. The predicted octanol–water partition coefficient (Wildman–Crippen LogP) is 3.44. The minimum absolute atomic E-state index is 0.206. The van der Waals surface area contributed by atoms with Gasteiger partial charge in [-0.3, -0.25) is 4.79 Å². The number of carbonyl (C=O) groups excluding carboxylic acids is 1. The van der Waals surface area contributed by atoms with Crippen molar-refractivity contribution in [3.05, 3.63) is 60.3 Å². The predicted molar refractivity (Wildman–Crippen MR) is 106 cm³/mol. The molecule has 1 saturated heterocycles. The van der Waals surface area contributed by atoms with Gasteiger partial charge < -0.3 is 24.2 Å². The molecule has 1 aromatic heterocycles. The molecule has 0 saturated carbocycles. The van der Waals surface area contributed by atoms with Crippen LogP contribution in [-0.2, 0) is 4.74 Å². The van der Waals surface area contributed by atoms with E-state index in [2.05, 4.69) is 15.4 Å². The summed E-state index contributed by atoms with van der Waals surface area (Å²) in [4.78, 5) is 14.9. The molecule has 1 N–H and O–H groups in total. The Labute approximate surface area is 162 Å². The Balaban J connectivity index is 1.54. The largest absolute Gasteiger partial charge is 0.495 e. The number of methoxy groups -OCH3 is 1. The van der Waals surface area contributed by atoms with E-state index in [0.717, 1.165) is 24.3 Å². The van der Waals surface area contributed by atoms with Gasteiger partial charge in [0.25, 0.3) is 5.91 Å². The molecule has 2 heterocycles. The number of nitrogens with one attached hydrogen (secondary N) is 1. The van der Waals surface area contributed by atoms with Gasteiger partial charge in [0, 0.05) is 30.4 Å². The van der Waals surface area contributed by atoms with E-state index in [-0.39, 0.29) is 11.6 Å². The van der Waals surface area contributed by atoms with Crippen molar-refractivity contribution < 1.29 is 18.8 Å². The van der Waals surface area contributed by atoms with Crippen molar-refractivity contribution in [1.29, 1.82) is 0 Å². The third-order valence-corrected chi connectivity index (χ3v) is 4.61. The van der Waals surface area contributed by atoms with E-state index in [4.69, 9.17) is 14.0 Å². The van der Waals surface area contributed by atoms with Gasteiger partial charge in [0.05, 0.1) is 26.0 Å². The van der Waals surface area contributed by atoms with Crippen LogP contribution in [0.1, 0.15) is 10.5 Å². The number of hydrogen-bond acceptors (Lipinski definition) is 6. The molecule has 1 aliphatic rings. The smallest absolute Gasteiger partial charge is 0.277 e. The second kappa shape index (κ2) is 8.14. The number of hydrogen-bond donors (Lipinski definition) is 1. The molecule has 7 nitrogen and oxygen atoms in total. The van der Waals surface area contributed by atoms with Crippen molar-refractivity contribution >= 4 is 17.3 Å². The Kier molecular flexibility index (Phi) is 5.25. The van der Waals surface area contributed by atoms with Crippen LogP contribution in [-0.4, -0.2) is 44.5 Å². The lowest BCUT2D eigenvalue weighted by molar-refractivity contribution is 0.101. The van der Waals surface area contributed by atoms with E-state index >= 15 is 0 Å². The van der Waals surface area contributed by atoms with Crippen LogP contribution in [0.3, 0.4) is 0 Å². The molecule has 0 aliphatic carbocycles. The summed E-state index contributed by atoms with van der Waals surface area (Å²) in [6.45, 7) is 3.00. The number of carbonyl (C=O) groups is 1. The summed E-state index contributed by atoms with van der Waals surface area (Å²) in [5, 5.41) is 6.78. The Morgan fingerprint density at radius 2 is 1.89 bits per heavy atom. The Morgan fingerprint density at radius 1 is 1.11 bits per heavy atom. The number of morpholine rings is 1. The fourth-order valence-corrected chi connectivity index (χ4v) is 3.12. The molecule has 1 fully saturated rings. The first-order valence-electron chi connectivity index (χ1n) is 9.09. The number of aromatic nitrogens is 1. The minimum Gasteiger partial charge on any atom is -0.495 e. The van der Waals surface area contributed by atoms with Gasteiger partial charge in [-0.15, -0.1) is 0 Å². The molecule has 2 aromatic carbocycles. The highest BCUT2D eigenvalue weighted by atomic mass is 16.5. The number of nitrogens with zero attached hydrogens (tertiary/aromatic N) is 2. The van der Waals surface area contributed by atoms with Crippen molar-refractivity contribution in [2.75, 3.05) is 43.6 Å². The first-order valence-corrected chi connectivity index (χ1v) is 9.09. The molecule has 28 heavy (non-hydrogen) atoms. The number of amides is 1. The lowest BCUT2D eigenvalue weighted by Gasteiger charge is -2.29. The van der Waals surface area contributed by atoms with Gasteiger partial charge in [0.2, 0.25) is 0 Å². The van der Waals surface area contributed by atoms with E-state index < -0.39 is 0 Å². The van der Waals surface area contributed by atoms with Crippen LogP contribution in [0.15, 0.2) is 59.1 Å². The molecule has 0 atom stereocenters. The summed E-state index contributed by atoms with van der Waals surface area (Å²) in [6.07, 6.45) is 0. The van der Waals surface area contributed by atoms with E-state index in [1.165, 1.54) is 0 Å². The Hall–Kier alpha value is -3.32. The second-order valence-electron chi connectivity index (χ2n) is 6.38. The maximum Gasteiger partial charge on any atom is 0.277 e. The number of anilines is 2. The summed E-state index contributed by atoms with van der Waals surface area (Å²) in [7, 11) is 1.57. The molecule has 1 amide bonds. The molecule has 1 aliphatic heterocycles. The topological polar surface area (TPSA) is 76.8 Å². The zero-order valence-corrected chi connectivity index (χ0v) is 15.6. The van der Waals surface area contributed by atoms with Crippen LogP contribution in [0.5, 0.6) is 5.75 Å². The normalized spacial score (nSPS) is 14.0. The van der Waals surface area contributed by atoms with Crippen molar-refractivity contribution in [3.8, 4) is 17.1 Å². The summed E-state index contributed by atoms with van der Waals surface area (Å²) in [5.74, 6) is 0.764. The van der Waals surface area contributed by atoms with Gasteiger partial charge in [0.1, 0.15) is 5.75 Å². The van der Waals surface area contributed by atoms with Crippen molar-refractivity contribution in [3.63, 3.8) is 0 Å². The number of ether oxygens (including phenoxy) is 2. The van der Waals surface area contributed by atoms with Crippen molar-refractivity contribution in [1.82, 2.24) is 5.16 Å². The van der Waals surface area contributed by atoms with Crippen LogP contribution in [0.25, 0.3) is 11.3 Å². The summed E-state index contributed by atoms with van der Waals surface area (Å²) in [6, 6.07) is 16.9. The molecule has 0 radical (unpaired) electrons. The van der Waals surface area contributed by atoms with E-state index in [1.807, 2.05) is 48.5 Å². The third kappa shape index (κ3) is 3.84. The molecule has 0 unspecified atom stereocenters. The van der Waals surface area contributed by atoms with Crippen molar-refractivity contribution in [2.45, 2.75) is 0 Å². The van der Waals surface area contributed by atoms with Gasteiger partial charge in [-0.25, -0.2) is 0 Å². The number of benzene rings is 2. The lowest BCUT2D eigenvalue weighted by Crippen LogP contribution is -2.36. The van der Waals surface area contributed by atoms with Crippen molar-refractivity contribution in [2.24, 2.45) is 0 Å². The van der Waals surface area contributed by atoms with Gasteiger partial charge in [-0.2, -0.15) is 0 Å². The molecule has 0 bridgehead atoms. The van der Waals surface area contributed by atoms with Crippen LogP contribution in [0.4, 0.5) is 11.4 Å². The maximum absolute atomic E-state index is 12.7. The minimum atomic E-state index is -0.358. The Bertz CT molecular complexity index is 949. The average molecular weight is 379 g/mol. The van der Waals surface area contributed by atoms with Crippen LogP contribution >= 0.6 is 0 Å². The molecule has 4 rings (SSSR count). The summed E-state index contributed by atoms with van der Waals surface area (Å²) < 4.78 is 16.1. The highest BCUT2D eigenvalue weighted by molar-refractivity contribution is 6.04. The summed E-state index contributed by atoms with van der Waals surface area (Å²) in [5.41, 5.74) is 2.66. The monoisotopic (exact) mass is 379 g/mol. The van der Waals surface area contributed by atoms with Crippen LogP contribution < -0.4 is 15.0 Å². The zero-order chi connectivity index (χ0) is 19.3. The molecular weight excluding hydrogens is 358 g/mol. The highest BCUT2D eigenvalue weighted by Gasteiger charge is 2.18. The van der Waals surface area contributed by atoms with E-state index in [0.29, 0.717) is 30.4 Å². The fraction of sp³-hybridized carbons (Fsp3) is 0.238. The first-order chi connectivity index (χ1) is 13.7. The van der Waals surface area contributed by atoms with E-state index in [9.17, 15) is 4.79 Å². The fourth-order valence-electron chi connectivity index (χ4n) is 3.12. The molecule has 3 aromatic rings.